The first-order chi connectivity index (χ1) is 7.79. The van der Waals surface area contributed by atoms with Gasteiger partial charge in [0.1, 0.15) is 0 Å². The number of hydrogen-bond acceptors (Lipinski definition) is 4. The van der Waals surface area contributed by atoms with Crippen LogP contribution in [0.25, 0.3) is 0 Å². The SMILES string of the molecule is CC(C)(CN1CCNC(C2CC2)C1)S(C)(=O)=O. The van der Waals surface area contributed by atoms with Crippen molar-refractivity contribution in [3.63, 3.8) is 0 Å². The molecule has 0 spiro atoms. The molecule has 1 saturated heterocycles. The quantitative estimate of drug-likeness (QED) is 0.799. The van der Waals surface area contributed by atoms with Crippen molar-refractivity contribution < 1.29 is 8.42 Å². The Bertz CT molecular complexity index is 374. The van der Waals surface area contributed by atoms with Crippen LogP contribution < -0.4 is 5.32 Å². The van der Waals surface area contributed by atoms with Crippen molar-refractivity contribution >= 4 is 9.84 Å². The van der Waals surface area contributed by atoms with Gasteiger partial charge in [-0.15, -0.1) is 0 Å². The second-order valence-corrected chi connectivity index (χ2v) is 8.81. The normalized spacial score (nSPS) is 28.3. The first-order valence-corrected chi connectivity index (χ1v) is 8.34. The molecule has 1 N–H and O–H groups in total. The van der Waals surface area contributed by atoms with Crippen molar-refractivity contribution in [2.24, 2.45) is 5.92 Å². The standard InChI is InChI=1S/C12H24N2O2S/c1-12(2,17(3,15)16)9-14-7-6-13-11(8-14)10-4-5-10/h10-11,13H,4-9H2,1-3H3. The van der Waals surface area contributed by atoms with E-state index in [1.807, 2.05) is 13.8 Å². The summed E-state index contributed by atoms with van der Waals surface area (Å²) in [5.41, 5.74) is 0. The van der Waals surface area contributed by atoms with Crippen molar-refractivity contribution in [1.29, 1.82) is 0 Å². The average molecular weight is 260 g/mol. The zero-order chi connectivity index (χ0) is 12.7. The van der Waals surface area contributed by atoms with Crippen LogP contribution in [-0.2, 0) is 9.84 Å². The fourth-order valence-corrected chi connectivity index (χ4v) is 2.87. The Hall–Kier alpha value is -0.130. The van der Waals surface area contributed by atoms with Gasteiger partial charge in [0.2, 0.25) is 0 Å². The molecule has 0 radical (unpaired) electrons. The van der Waals surface area contributed by atoms with Crippen molar-refractivity contribution in [2.45, 2.75) is 37.5 Å². The Morgan fingerprint density at radius 1 is 1.35 bits per heavy atom. The molecule has 4 nitrogen and oxygen atoms in total. The predicted octanol–water partition coefficient (Wildman–Crippen LogP) is 0.493. The van der Waals surface area contributed by atoms with Crippen molar-refractivity contribution in [3.8, 4) is 0 Å². The Labute approximate surface area is 105 Å². The van der Waals surface area contributed by atoms with Gasteiger partial charge in [-0.25, -0.2) is 8.42 Å². The fraction of sp³-hybridized carbons (Fsp3) is 1.00. The molecule has 2 fully saturated rings. The molecule has 2 rings (SSSR count). The number of piperazine rings is 1. The maximum Gasteiger partial charge on any atom is 0.153 e. The van der Waals surface area contributed by atoms with Gasteiger partial charge in [0.15, 0.2) is 9.84 Å². The van der Waals surface area contributed by atoms with E-state index in [4.69, 9.17) is 0 Å². The lowest BCUT2D eigenvalue weighted by Crippen LogP contribution is -2.55. The van der Waals surface area contributed by atoms with Gasteiger partial charge < -0.3 is 5.32 Å². The highest BCUT2D eigenvalue weighted by Crippen LogP contribution is 2.34. The zero-order valence-corrected chi connectivity index (χ0v) is 11.9. The Morgan fingerprint density at radius 2 is 2.00 bits per heavy atom. The number of nitrogens with one attached hydrogen (secondary N) is 1. The molecule has 1 heterocycles. The molecule has 5 heteroatoms. The van der Waals surface area contributed by atoms with Gasteiger partial charge >= 0.3 is 0 Å². The number of nitrogens with zero attached hydrogens (tertiary/aromatic N) is 1. The largest absolute Gasteiger partial charge is 0.311 e. The van der Waals surface area contributed by atoms with E-state index in [0.717, 1.165) is 25.6 Å². The summed E-state index contributed by atoms with van der Waals surface area (Å²) < 4.78 is 22.8. The molecule has 1 saturated carbocycles. The molecule has 1 aliphatic carbocycles. The van der Waals surface area contributed by atoms with E-state index in [2.05, 4.69) is 10.2 Å². The van der Waals surface area contributed by atoms with Gasteiger partial charge in [-0.1, -0.05) is 0 Å². The Kier molecular flexibility index (Phi) is 3.54. The summed E-state index contributed by atoms with van der Waals surface area (Å²) in [5.74, 6) is 0.833. The molecule has 100 valence electrons. The minimum Gasteiger partial charge on any atom is -0.311 e. The first-order valence-electron chi connectivity index (χ1n) is 6.45. The summed E-state index contributed by atoms with van der Waals surface area (Å²) in [6.45, 7) is 7.26. The summed E-state index contributed by atoms with van der Waals surface area (Å²) in [6.07, 6.45) is 4.01. The fourth-order valence-electron chi connectivity index (χ4n) is 2.46. The lowest BCUT2D eigenvalue weighted by Gasteiger charge is -2.38. The number of rotatable bonds is 4. The summed E-state index contributed by atoms with van der Waals surface area (Å²) in [4.78, 5) is 2.31. The maximum absolute atomic E-state index is 11.7. The molecule has 2 aliphatic rings. The van der Waals surface area contributed by atoms with Gasteiger partial charge in [-0.2, -0.15) is 0 Å². The van der Waals surface area contributed by atoms with E-state index in [1.54, 1.807) is 0 Å². The highest BCUT2D eigenvalue weighted by molar-refractivity contribution is 7.92. The van der Waals surface area contributed by atoms with Crippen LogP contribution in [0.3, 0.4) is 0 Å². The highest BCUT2D eigenvalue weighted by Gasteiger charge is 2.37. The topological polar surface area (TPSA) is 49.4 Å². The Balaban J connectivity index is 1.94. The predicted molar refractivity (Wildman–Crippen MR) is 69.9 cm³/mol. The summed E-state index contributed by atoms with van der Waals surface area (Å²) in [7, 11) is -2.99. The monoisotopic (exact) mass is 260 g/mol. The molecule has 1 atom stereocenters. The van der Waals surface area contributed by atoms with Crippen LogP contribution in [0.15, 0.2) is 0 Å². The summed E-state index contributed by atoms with van der Waals surface area (Å²) in [5, 5.41) is 3.54. The van der Waals surface area contributed by atoms with Crippen LogP contribution in [-0.4, -0.2) is 56.5 Å². The lowest BCUT2D eigenvalue weighted by atomic mass is 10.1. The van der Waals surface area contributed by atoms with E-state index < -0.39 is 14.6 Å². The summed E-state index contributed by atoms with van der Waals surface area (Å²) >= 11 is 0. The third-order valence-corrected chi connectivity index (χ3v) is 6.23. The molecule has 17 heavy (non-hydrogen) atoms. The van der Waals surface area contributed by atoms with Gasteiger partial charge in [0.05, 0.1) is 4.75 Å². The van der Waals surface area contributed by atoms with Crippen LogP contribution in [0.2, 0.25) is 0 Å². The molecule has 0 amide bonds. The smallest absolute Gasteiger partial charge is 0.153 e. The number of hydrogen-bond donors (Lipinski definition) is 1. The van der Waals surface area contributed by atoms with Crippen LogP contribution in [0, 0.1) is 5.92 Å². The number of sulfone groups is 1. The molecular weight excluding hydrogens is 236 g/mol. The van der Waals surface area contributed by atoms with Gasteiger partial charge in [0.25, 0.3) is 0 Å². The van der Waals surface area contributed by atoms with Crippen molar-refractivity contribution in [1.82, 2.24) is 10.2 Å². The molecule has 1 unspecified atom stereocenters. The molecule has 0 aromatic rings. The van der Waals surface area contributed by atoms with Crippen LogP contribution in [0.1, 0.15) is 26.7 Å². The molecule has 0 aromatic carbocycles. The maximum atomic E-state index is 11.7. The molecule has 0 bridgehead atoms. The minimum atomic E-state index is -2.99. The highest BCUT2D eigenvalue weighted by atomic mass is 32.2. The van der Waals surface area contributed by atoms with E-state index in [1.165, 1.54) is 19.1 Å². The van der Waals surface area contributed by atoms with Crippen LogP contribution in [0.5, 0.6) is 0 Å². The first kappa shape index (κ1) is 13.3. The average Bonchev–Trinajstić information content (AvgIpc) is 2.98. The molecule has 0 aromatic heterocycles. The van der Waals surface area contributed by atoms with Gasteiger partial charge in [-0.3, -0.25) is 4.90 Å². The molecule has 1 aliphatic heterocycles. The van der Waals surface area contributed by atoms with Crippen LogP contribution >= 0.6 is 0 Å². The van der Waals surface area contributed by atoms with E-state index in [0.29, 0.717) is 12.6 Å². The second kappa shape index (κ2) is 4.52. The zero-order valence-electron chi connectivity index (χ0n) is 11.1. The van der Waals surface area contributed by atoms with E-state index >= 15 is 0 Å². The lowest BCUT2D eigenvalue weighted by molar-refractivity contribution is 0.176. The van der Waals surface area contributed by atoms with Gasteiger partial charge in [-0.05, 0) is 32.6 Å². The van der Waals surface area contributed by atoms with E-state index in [-0.39, 0.29) is 0 Å². The van der Waals surface area contributed by atoms with Crippen molar-refractivity contribution in [2.75, 3.05) is 32.4 Å². The van der Waals surface area contributed by atoms with Gasteiger partial charge in [0, 0.05) is 38.5 Å². The third-order valence-electron chi connectivity index (χ3n) is 4.09. The van der Waals surface area contributed by atoms with E-state index in [9.17, 15) is 8.42 Å². The minimum absolute atomic E-state index is 0.583. The molecular formula is C12H24N2O2S. The Morgan fingerprint density at radius 3 is 2.53 bits per heavy atom. The third kappa shape index (κ3) is 3.20. The van der Waals surface area contributed by atoms with Crippen molar-refractivity contribution in [3.05, 3.63) is 0 Å². The van der Waals surface area contributed by atoms with Crippen LogP contribution in [0.4, 0.5) is 0 Å². The second-order valence-electron chi connectivity index (χ2n) is 6.17. The summed E-state index contributed by atoms with van der Waals surface area (Å²) in [6, 6.07) is 0.583.